The van der Waals surface area contributed by atoms with Crippen LogP contribution in [0.25, 0.3) is 0 Å². The Bertz CT molecular complexity index is 316. The zero-order chi connectivity index (χ0) is 11.9. The summed E-state index contributed by atoms with van der Waals surface area (Å²) in [6, 6.07) is 0. The Kier molecular flexibility index (Phi) is 2.71. The second kappa shape index (κ2) is 3.90. The van der Waals surface area contributed by atoms with E-state index in [-0.39, 0.29) is 11.8 Å². The Labute approximate surface area is 93.0 Å². The van der Waals surface area contributed by atoms with Gasteiger partial charge in [0.2, 0.25) is 0 Å². The smallest absolute Gasteiger partial charge is 0.310 e. The van der Waals surface area contributed by atoms with Crippen LogP contribution in [0, 0.1) is 23.7 Å². The topological polar surface area (TPSA) is 72.8 Å². The van der Waals surface area contributed by atoms with E-state index in [1.807, 2.05) is 0 Å². The number of hydrogen-bond acceptors (Lipinski definition) is 5. The summed E-state index contributed by atoms with van der Waals surface area (Å²) in [7, 11) is 2.55. The van der Waals surface area contributed by atoms with Gasteiger partial charge in [0.25, 0.3) is 0 Å². The van der Waals surface area contributed by atoms with E-state index >= 15 is 0 Å². The lowest BCUT2D eigenvalue weighted by molar-refractivity contribution is -0.158. The van der Waals surface area contributed by atoms with Crippen LogP contribution >= 0.6 is 0 Å². The Morgan fingerprint density at radius 3 is 1.69 bits per heavy atom. The van der Waals surface area contributed by atoms with Crippen molar-refractivity contribution < 1.29 is 24.2 Å². The van der Waals surface area contributed by atoms with Gasteiger partial charge in [0.15, 0.2) is 0 Å². The van der Waals surface area contributed by atoms with Crippen LogP contribution in [0.4, 0.5) is 0 Å². The van der Waals surface area contributed by atoms with Gasteiger partial charge in [0, 0.05) is 11.8 Å². The van der Waals surface area contributed by atoms with Crippen LogP contribution in [-0.2, 0) is 19.1 Å². The zero-order valence-corrected chi connectivity index (χ0v) is 9.12. The molecule has 0 aromatic rings. The quantitative estimate of drug-likeness (QED) is 0.519. The summed E-state index contributed by atoms with van der Waals surface area (Å²) in [6.07, 6.45) is 2.86. The van der Waals surface area contributed by atoms with Gasteiger partial charge >= 0.3 is 11.9 Å². The van der Waals surface area contributed by atoms with Crippen molar-refractivity contribution in [2.24, 2.45) is 23.7 Å². The normalized spacial score (nSPS) is 39.8. The van der Waals surface area contributed by atoms with E-state index in [0.29, 0.717) is 0 Å². The average molecular weight is 226 g/mol. The van der Waals surface area contributed by atoms with Gasteiger partial charge in [0.05, 0.1) is 32.2 Å². The molecule has 2 aliphatic carbocycles. The van der Waals surface area contributed by atoms with E-state index < -0.39 is 29.9 Å². The Morgan fingerprint density at radius 1 is 1.00 bits per heavy atom. The molecule has 0 heterocycles. The van der Waals surface area contributed by atoms with E-state index in [0.717, 1.165) is 0 Å². The van der Waals surface area contributed by atoms with Gasteiger partial charge in [-0.25, -0.2) is 0 Å². The Morgan fingerprint density at radius 2 is 1.38 bits per heavy atom. The molecule has 0 amide bonds. The third-order valence-electron chi connectivity index (χ3n) is 3.51. The number of aliphatic hydroxyl groups excluding tert-OH is 1. The minimum Gasteiger partial charge on any atom is -0.469 e. The molecule has 0 aliphatic heterocycles. The Balaban J connectivity index is 2.31. The molecule has 5 nitrogen and oxygen atoms in total. The van der Waals surface area contributed by atoms with Crippen LogP contribution < -0.4 is 0 Å². The van der Waals surface area contributed by atoms with Crippen molar-refractivity contribution in [1.29, 1.82) is 0 Å². The predicted molar refractivity (Wildman–Crippen MR) is 53.1 cm³/mol. The summed E-state index contributed by atoms with van der Waals surface area (Å²) in [5, 5.41) is 9.88. The highest BCUT2D eigenvalue weighted by Crippen LogP contribution is 2.49. The first-order valence-corrected chi connectivity index (χ1v) is 5.14. The van der Waals surface area contributed by atoms with Crippen molar-refractivity contribution in [3.05, 3.63) is 12.2 Å². The highest BCUT2D eigenvalue weighted by molar-refractivity contribution is 5.84. The fourth-order valence-corrected chi connectivity index (χ4v) is 2.76. The molecule has 1 fully saturated rings. The molecule has 0 radical (unpaired) electrons. The minimum atomic E-state index is -0.687. The number of ether oxygens (including phenoxy) is 2. The van der Waals surface area contributed by atoms with Crippen LogP contribution in [0.1, 0.15) is 0 Å². The van der Waals surface area contributed by atoms with Crippen LogP contribution in [0.2, 0.25) is 0 Å². The van der Waals surface area contributed by atoms with E-state index in [2.05, 4.69) is 9.47 Å². The summed E-state index contributed by atoms with van der Waals surface area (Å²) in [5.41, 5.74) is 0. The third kappa shape index (κ3) is 1.35. The molecular weight excluding hydrogens is 212 g/mol. The molecule has 0 aromatic carbocycles. The molecule has 0 spiro atoms. The van der Waals surface area contributed by atoms with E-state index in [4.69, 9.17) is 0 Å². The third-order valence-corrected chi connectivity index (χ3v) is 3.51. The largest absolute Gasteiger partial charge is 0.469 e. The second-order valence-corrected chi connectivity index (χ2v) is 4.13. The molecule has 2 bridgehead atoms. The lowest BCUT2D eigenvalue weighted by Gasteiger charge is -2.22. The Hall–Kier alpha value is -1.36. The van der Waals surface area contributed by atoms with Crippen molar-refractivity contribution in [3.63, 3.8) is 0 Å². The SMILES string of the molecule is COC(=O)[C@@H]1[C@H](C(=O)OC)[C@@H]2C=C[C@H]1C2O. The predicted octanol–water partition coefficient (Wildman–Crippen LogP) is -0.259. The molecule has 5 atom stereocenters. The molecule has 88 valence electrons. The first-order valence-electron chi connectivity index (χ1n) is 5.14. The van der Waals surface area contributed by atoms with Gasteiger partial charge in [0.1, 0.15) is 0 Å². The van der Waals surface area contributed by atoms with Gasteiger partial charge in [-0.15, -0.1) is 0 Å². The summed E-state index contributed by atoms with van der Waals surface area (Å²) < 4.78 is 9.34. The van der Waals surface area contributed by atoms with Crippen molar-refractivity contribution in [1.82, 2.24) is 0 Å². The second-order valence-electron chi connectivity index (χ2n) is 4.13. The maximum atomic E-state index is 11.6. The highest BCUT2D eigenvalue weighted by atomic mass is 16.5. The summed E-state index contributed by atoms with van der Waals surface area (Å²) >= 11 is 0. The number of esters is 2. The van der Waals surface area contributed by atoms with Crippen molar-refractivity contribution >= 4 is 11.9 Å². The number of methoxy groups -OCH3 is 2. The number of carbonyl (C=O) groups excluding carboxylic acids is 2. The number of fused-ring (bicyclic) bond motifs is 2. The minimum absolute atomic E-state index is 0.332. The maximum Gasteiger partial charge on any atom is 0.310 e. The molecule has 2 aliphatic rings. The molecule has 16 heavy (non-hydrogen) atoms. The van der Waals surface area contributed by atoms with Crippen LogP contribution in [0.15, 0.2) is 12.2 Å². The van der Waals surface area contributed by atoms with Crippen molar-refractivity contribution in [2.45, 2.75) is 6.10 Å². The monoisotopic (exact) mass is 226 g/mol. The van der Waals surface area contributed by atoms with Crippen LogP contribution in [0.3, 0.4) is 0 Å². The van der Waals surface area contributed by atoms with Crippen molar-refractivity contribution in [3.8, 4) is 0 Å². The first kappa shape index (κ1) is 11.1. The molecule has 1 unspecified atom stereocenters. The standard InChI is InChI=1S/C11H14O5/c1-15-10(13)7-5-3-4-6(9(5)12)8(7)11(14)16-2/h3-9,12H,1-2H3/t5-,6+,7+,8-,9?. The van der Waals surface area contributed by atoms with E-state index in [1.54, 1.807) is 12.2 Å². The fourth-order valence-electron chi connectivity index (χ4n) is 2.76. The number of hydrogen-bond donors (Lipinski definition) is 1. The maximum absolute atomic E-state index is 11.6. The summed E-state index contributed by atoms with van der Waals surface area (Å²) in [5.74, 6) is -2.84. The van der Waals surface area contributed by atoms with Gasteiger partial charge < -0.3 is 14.6 Å². The average Bonchev–Trinajstić information content (AvgIpc) is 2.80. The van der Waals surface area contributed by atoms with Gasteiger partial charge in [-0.05, 0) is 0 Å². The van der Waals surface area contributed by atoms with Gasteiger partial charge in [-0.1, -0.05) is 12.2 Å². The summed E-state index contributed by atoms with van der Waals surface area (Å²) in [6.45, 7) is 0. The lowest BCUT2D eigenvalue weighted by atomic mass is 9.83. The fraction of sp³-hybridized carbons (Fsp3) is 0.636. The molecule has 1 saturated carbocycles. The lowest BCUT2D eigenvalue weighted by Crippen LogP contribution is -2.34. The molecular formula is C11H14O5. The molecule has 0 saturated heterocycles. The highest BCUT2D eigenvalue weighted by Gasteiger charge is 2.58. The van der Waals surface area contributed by atoms with Crippen LogP contribution in [0.5, 0.6) is 0 Å². The van der Waals surface area contributed by atoms with Crippen molar-refractivity contribution in [2.75, 3.05) is 14.2 Å². The molecule has 2 rings (SSSR count). The molecule has 0 aromatic heterocycles. The van der Waals surface area contributed by atoms with Crippen LogP contribution in [-0.4, -0.2) is 37.4 Å². The summed E-state index contributed by atoms with van der Waals surface area (Å²) in [4.78, 5) is 23.2. The van der Waals surface area contributed by atoms with Gasteiger partial charge in [-0.3, -0.25) is 9.59 Å². The molecule has 5 heteroatoms. The van der Waals surface area contributed by atoms with Gasteiger partial charge in [-0.2, -0.15) is 0 Å². The number of rotatable bonds is 2. The molecule has 1 N–H and O–H groups in total. The van der Waals surface area contributed by atoms with E-state index in [1.165, 1.54) is 14.2 Å². The number of carbonyl (C=O) groups is 2. The first-order chi connectivity index (χ1) is 7.61. The zero-order valence-electron chi connectivity index (χ0n) is 9.12. The van der Waals surface area contributed by atoms with E-state index in [9.17, 15) is 14.7 Å². The number of aliphatic hydroxyl groups is 1.